The van der Waals surface area contributed by atoms with E-state index in [9.17, 15) is 35.4 Å². The molecule has 2 rings (SSSR count). The van der Waals surface area contributed by atoms with Crippen LogP contribution in [0, 0.1) is 0 Å². The largest absolute Gasteiger partial charge is 0.508 e. The number of carboxylic acids is 1. The van der Waals surface area contributed by atoms with E-state index in [1.54, 1.807) is 12.1 Å². The van der Waals surface area contributed by atoms with Crippen molar-refractivity contribution in [3.63, 3.8) is 0 Å². The fourth-order valence-electron chi connectivity index (χ4n) is 2.48. The van der Waals surface area contributed by atoms with Gasteiger partial charge in [0.2, 0.25) is 5.79 Å². The van der Waals surface area contributed by atoms with Crippen LogP contribution in [0.3, 0.4) is 0 Å². The normalized spacial score (nSPS) is 31.6. The molecule has 24 heavy (non-hydrogen) atoms. The van der Waals surface area contributed by atoms with Gasteiger partial charge in [-0.3, -0.25) is 10.1 Å². The molecule has 134 valence electrons. The van der Waals surface area contributed by atoms with Crippen LogP contribution in [0.25, 0.3) is 0 Å². The third kappa shape index (κ3) is 4.20. The van der Waals surface area contributed by atoms with Crippen molar-refractivity contribution in [1.29, 1.82) is 0 Å². The molecule has 1 aliphatic rings. The van der Waals surface area contributed by atoms with Gasteiger partial charge < -0.3 is 35.4 Å². The number of rotatable bonds is 6. The number of nitrogens with one attached hydrogen (secondary N) is 1. The van der Waals surface area contributed by atoms with Crippen molar-refractivity contribution in [2.24, 2.45) is 0 Å². The summed E-state index contributed by atoms with van der Waals surface area (Å²) in [5.74, 6) is -3.43. The van der Waals surface area contributed by atoms with E-state index < -0.39 is 49.3 Å². The van der Waals surface area contributed by atoms with Gasteiger partial charge in [0.1, 0.15) is 30.1 Å². The third-order valence-corrected chi connectivity index (χ3v) is 3.93. The number of aromatic hydroxyl groups is 1. The number of aliphatic hydroxyl groups excluding tert-OH is 3. The summed E-state index contributed by atoms with van der Waals surface area (Å²) in [4.78, 5) is 11.4. The summed E-state index contributed by atoms with van der Waals surface area (Å²) < 4.78 is 4.96. The maximum absolute atomic E-state index is 11.4. The Morgan fingerprint density at radius 3 is 2.71 bits per heavy atom. The zero-order valence-corrected chi connectivity index (χ0v) is 12.7. The minimum atomic E-state index is -2.23. The van der Waals surface area contributed by atoms with Gasteiger partial charge in [0.05, 0.1) is 13.2 Å². The number of carbonyl (C=O) groups is 1. The first-order valence-electron chi connectivity index (χ1n) is 7.37. The van der Waals surface area contributed by atoms with E-state index in [1.807, 2.05) is 0 Å². The lowest BCUT2D eigenvalue weighted by atomic mass is 9.96. The van der Waals surface area contributed by atoms with Gasteiger partial charge in [-0.25, -0.2) is 0 Å². The van der Waals surface area contributed by atoms with E-state index in [-0.39, 0.29) is 12.2 Å². The lowest BCUT2D eigenvalue weighted by Crippen LogP contribution is -2.65. The summed E-state index contributed by atoms with van der Waals surface area (Å²) in [6, 6.07) is 4.95. The Balaban J connectivity index is 2.02. The number of aliphatic carboxylic acids is 1. The predicted octanol–water partition coefficient (Wildman–Crippen LogP) is -2.22. The second-order valence-corrected chi connectivity index (χ2v) is 5.80. The van der Waals surface area contributed by atoms with Crippen LogP contribution in [0.15, 0.2) is 24.3 Å². The van der Waals surface area contributed by atoms with Gasteiger partial charge in [-0.1, -0.05) is 12.1 Å². The van der Waals surface area contributed by atoms with Crippen LogP contribution in [0.1, 0.15) is 5.56 Å². The molecule has 1 fully saturated rings. The van der Waals surface area contributed by atoms with E-state index >= 15 is 0 Å². The molecular formula is C15H21NO8. The van der Waals surface area contributed by atoms with Gasteiger partial charge in [0.15, 0.2) is 0 Å². The number of hydrogen-bond donors (Lipinski definition) is 7. The van der Waals surface area contributed by atoms with Crippen LogP contribution in [0.4, 0.5) is 0 Å². The number of ether oxygens (including phenoxy) is 1. The fourth-order valence-corrected chi connectivity index (χ4v) is 2.48. The lowest BCUT2D eigenvalue weighted by molar-refractivity contribution is -0.318. The van der Waals surface area contributed by atoms with E-state index in [4.69, 9.17) is 4.74 Å². The van der Waals surface area contributed by atoms with Crippen LogP contribution in [0.2, 0.25) is 0 Å². The Labute approximate surface area is 137 Å². The summed E-state index contributed by atoms with van der Waals surface area (Å²) in [6.07, 6.45) is -4.74. The Bertz CT molecular complexity index is 582. The summed E-state index contributed by atoms with van der Waals surface area (Å²) in [6.45, 7) is -0.881. The minimum Gasteiger partial charge on any atom is -0.508 e. The lowest BCUT2D eigenvalue weighted by Gasteiger charge is -2.42. The van der Waals surface area contributed by atoms with E-state index in [0.29, 0.717) is 5.56 Å². The second-order valence-electron chi connectivity index (χ2n) is 5.80. The van der Waals surface area contributed by atoms with Crippen LogP contribution in [0.5, 0.6) is 5.75 Å². The fraction of sp³-hybridized carbons (Fsp3) is 0.533. The number of hydrogen-bond acceptors (Lipinski definition) is 8. The quantitative estimate of drug-likeness (QED) is 0.303. The summed E-state index contributed by atoms with van der Waals surface area (Å²) >= 11 is 0. The van der Waals surface area contributed by atoms with Gasteiger partial charge in [-0.15, -0.1) is 0 Å². The first kappa shape index (κ1) is 18.6. The van der Waals surface area contributed by atoms with Gasteiger partial charge >= 0.3 is 5.97 Å². The van der Waals surface area contributed by atoms with Crippen molar-refractivity contribution in [2.75, 3.05) is 13.2 Å². The van der Waals surface area contributed by atoms with Crippen LogP contribution < -0.4 is 5.32 Å². The molecule has 0 aromatic heterocycles. The Morgan fingerprint density at radius 2 is 2.08 bits per heavy atom. The number of phenols is 1. The molecule has 1 unspecified atom stereocenters. The average molecular weight is 343 g/mol. The number of benzene rings is 1. The molecule has 1 aromatic carbocycles. The Kier molecular flexibility index (Phi) is 5.75. The molecular weight excluding hydrogens is 322 g/mol. The monoisotopic (exact) mass is 343 g/mol. The molecule has 5 atom stereocenters. The van der Waals surface area contributed by atoms with Crippen molar-refractivity contribution in [1.82, 2.24) is 5.32 Å². The smallest absolute Gasteiger partial charge is 0.321 e. The molecule has 1 aromatic rings. The molecule has 0 bridgehead atoms. The second kappa shape index (κ2) is 7.43. The van der Waals surface area contributed by atoms with Crippen LogP contribution in [-0.4, -0.2) is 79.9 Å². The van der Waals surface area contributed by atoms with Crippen molar-refractivity contribution in [3.05, 3.63) is 29.8 Å². The van der Waals surface area contributed by atoms with Crippen molar-refractivity contribution in [2.45, 2.75) is 36.6 Å². The van der Waals surface area contributed by atoms with Gasteiger partial charge in [0.25, 0.3) is 0 Å². The molecule has 0 amide bonds. The first-order chi connectivity index (χ1) is 11.2. The summed E-state index contributed by atoms with van der Waals surface area (Å²) in [5.41, 5.74) is 0.558. The minimum absolute atomic E-state index is 0.00147. The van der Waals surface area contributed by atoms with Crippen LogP contribution in [-0.2, 0) is 16.0 Å². The summed E-state index contributed by atoms with van der Waals surface area (Å²) in [7, 11) is 0. The highest BCUT2D eigenvalue weighted by atomic mass is 16.6. The van der Waals surface area contributed by atoms with Crippen LogP contribution >= 0.6 is 0 Å². The Hall–Kier alpha value is -1.75. The molecule has 1 heterocycles. The zero-order valence-electron chi connectivity index (χ0n) is 12.7. The highest BCUT2D eigenvalue weighted by Crippen LogP contribution is 2.23. The van der Waals surface area contributed by atoms with E-state index in [2.05, 4.69) is 5.32 Å². The molecule has 9 nitrogen and oxygen atoms in total. The Morgan fingerprint density at radius 1 is 1.38 bits per heavy atom. The van der Waals surface area contributed by atoms with E-state index in [1.165, 1.54) is 12.1 Å². The molecule has 0 aliphatic carbocycles. The van der Waals surface area contributed by atoms with Crippen molar-refractivity contribution in [3.8, 4) is 5.75 Å². The molecule has 0 saturated carbocycles. The topological polar surface area (TPSA) is 160 Å². The number of carboxylic acid groups (broad SMARTS) is 1. The van der Waals surface area contributed by atoms with Gasteiger partial charge in [0, 0.05) is 0 Å². The standard InChI is InChI=1S/C15H21NO8/c17-9-3-1-2-8(4-9)5-10(14(21)22)16-7-15(23)13(20)12(19)11(18)6-24-15/h1-4,10-13,16-20,23H,5-7H2,(H,21,22)/t10?,11-,12-,13+,15-/m1/s1. The third-order valence-electron chi connectivity index (χ3n) is 3.93. The summed E-state index contributed by atoms with van der Waals surface area (Å²) in [5, 5.41) is 60.3. The highest BCUT2D eigenvalue weighted by molar-refractivity contribution is 5.74. The van der Waals surface area contributed by atoms with E-state index in [0.717, 1.165) is 0 Å². The molecule has 0 spiro atoms. The SMILES string of the molecule is O=C(O)C(Cc1cccc(O)c1)NC[C@@]1(O)OC[C@@H](O)[C@@H](O)[C@@H]1O. The predicted molar refractivity (Wildman–Crippen MR) is 80.2 cm³/mol. The maximum Gasteiger partial charge on any atom is 0.321 e. The molecule has 7 N–H and O–H groups in total. The maximum atomic E-state index is 11.4. The number of phenolic OH excluding ortho intramolecular Hbond substituents is 1. The molecule has 1 aliphatic heterocycles. The van der Waals surface area contributed by atoms with Gasteiger partial charge in [-0.2, -0.15) is 0 Å². The molecule has 0 radical (unpaired) electrons. The number of aliphatic hydroxyl groups is 4. The average Bonchev–Trinajstić information content (AvgIpc) is 2.53. The van der Waals surface area contributed by atoms with Crippen molar-refractivity contribution < 1.29 is 40.2 Å². The molecule has 1 saturated heterocycles. The van der Waals surface area contributed by atoms with Gasteiger partial charge in [-0.05, 0) is 24.1 Å². The zero-order chi connectivity index (χ0) is 17.9. The molecule has 9 heteroatoms. The first-order valence-corrected chi connectivity index (χ1v) is 7.37. The van der Waals surface area contributed by atoms with Crippen molar-refractivity contribution >= 4 is 5.97 Å². The highest BCUT2D eigenvalue weighted by Gasteiger charge is 2.48.